The summed E-state index contributed by atoms with van der Waals surface area (Å²) in [6, 6.07) is 11.6. The van der Waals surface area contributed by atoms with Crippen molar-refractivity contribution in [1.82, 2.24) is 25.0 Å². The first-order valence-electron chi connectivity index (χ1n) is 12.3. The second-order valence-electron chi connectivity index (χ2n) is 8.76. The third kappa shape index (κ3) is 7.89. The molecule has 196 valence electrons. The van der Waals surface area contributed by atoms with Crippen LogP contribution in [0.15, 0.2) is 67.5 Å². The lowest BCUT2D eigenvalue weighted by Crippen LogP contribution is -2.56. The van der Waals surface area contributed by atoms with Crippen molar-refractivity contribution in [3.05, 3.63) is 78.6 Å². The van der Waals surface area contributed by atoms with E-state index in [0.29, 0.717) is 57.5 Å². The molecule has 10 nitrogen and oxygen atoms in total. The lowest BCUT2D eigenvalue weighted by molar-refractivity contribution is -0.138. The first-order valence-corrected chi connectivity index (χ1v) is 12.3. The first-order chi connectivity index (χ1) is 17.9. The molecule has 2 heterocycles. The summed E-state index contributed by atoms with van der Waals surface area (Å²) in [6.07, 6.45) is 4.61. The molecule has 1 unspecified atom stereocenters. The molecule has 2 N–H and O–H groups in total. The van der Waals surface area contributed by atoms with Gasteiger partial charge >= 0.3 is 6.09 Å². The monoisotopic (exact) mass is 507 g/mol. The molecule has 1 aromatic carbocycles. The zero-order valence-corrected chi connectivity index (χ0v) is 20.8. The van der Waals surface area contributed by atoms with Crippen LogP contribution >= 0.6 is 0 Å². The molecule has 4 amide bonds. The van der Waals surface area contributed by atoms with Crippen molar-refractivity contribution in [2.45, 2.75) is 31.8 Å². The van der Waals surface area contributed by atoms with Gasteiger partial charge in [-0.3, -0.25) is 24.3 Å². The van der Waals surface area contributed by atoms with E-state index < -0.39 is 12.1 Å². The van der Waals surface area contributed by atoms with E-state index in [1.54, 1.807) is 34.3 Å². The van der Waals surface area contributed by atoms with Crippen LogP contribution in [0.5, 0.6) is 0 Å². The Kier molecular flexibility index (Phi) is 10.2. The van der Waals surface area contributed by atoms with E-state index in [1.807, 2.05) is 30.3 Å². The third-order valence-electron chi connectivity index (χ3n) is 6.30. The van der Waals surface area contributed by atoms with Crippen LogP contribution in [0, 0.1) is 0 Å². The molecule has 0 bridgehead atoms. The molecule has 1 fully saturated rings. The van der Waals surface area contributed by atoms with E-state index in [0.717, 1.165) is 5.56 Å². The summed E-state index contributed by atoms with van der Waals surface area (Å²) in [4.78, 5) is 58.5. The van der Waals surface area contributed by atoms with Gasteiger partial charge in [0, 0.05) is 57.2 Å². The number of carbonyl (C=O) groups excluding carboxylic acids is 3. The fourth-order valence-corrected chi connectivity index (χ4v) is 4.27. The van der Waals surface area contributed by atoms with Gasteiger partial charge in [-0.05, 0) is 43.0 Å². The van der Waals surface area contributed by atoms with E-state index >= 15 is 0 Å². The molecular weight excluding hydrogens is 474 g/mol. The summed E-state index contributed by atoms with van der Waals surface area (Å²) >= 11 is 0. The maximum atomic E-state index is 13.6. The van der Waals surface area contributed by atoms with Crippen LogP contribution in [0.3, 0.4) is 0 Å². The van der Waals surface area contributed by atoms with Gasteiger partial charge in [-0.15, -0.1) is 0 Å². The largest absolute Gasteiger partial charge is 0.465 e. The number of carboxylic acid groups (broad SMARTS) is 1. The molecule has 10 heteroatoms. The zero-order valence-electron chi connectivity index (χ0n) is 20.8. The van der Waals surface area contributed by atoms with Crippen molar-refractivity contribution in [1.29, 1.82) is 0 Å². The van der Waals surface area contributed by atoms with Crippen LogP contribution in [-0.4, -0.2) is 87.4 Å². The Bertz CT molecular complexity index is 1070. The lowest BCUT2D eigenvalue weighted by Gasteiger charge is -2.38. The molecule has 2 aromatic rings. The summed E-state index contributed by atoms with van der Waals surface area (Å²) < 4.78 is 0. The SMILES string of the molecule is C=CC(=O)NCCCCC(C(=O)N1CCN(C(=O)c2ccncc2)CC1)N(Cc1ccccc1)C(=O)O. The Hall–Kier alpha value is -4.21. The van der Waals surface area contributed by atoms with Gasteiger partial charge in [-0.25, -0.2) is 4.79 Å². The highest BCUT2D eigenvalue weighted by Crippen LogP contribution is 2.18. The lowest BCUT2D eigenvalue weighted by atomic mass is 10.0. The zero-order chi connectivity index (χ0) is 26.6. The fourth-order valence-electron chi connectivity index (χ4n) is 4.27. The average Bonchev–Trinajstić information content (AvgIpc) is 2.94. The number of benzene rings is 1. The molecule has 1 aliphatic rings. The van der Waals surface area contributed by atoms with E-state index in [9.17, 15) is 24.3 Å². The molecule has 1 saturated heterocycles. The highest BCUT2D eigenvalue weighted by molar-refractivity contribution is 5.94. The Labute approximate surface area is 216 Å². The van der Waals surface area contributed by atoms with Crippen molar-refractivity contribution >= 4 is 23.8 Å². The van der Waals surface area contributed by atoms with Crippen molar-refractivity contribution in [3.63, 3.8) is 0 Å². The van der Waals surface area contributed by atoms with Crippen LogP contribution < -0.4 is 5.32 Å². The molecule has 0 aliphatic carbocycles. The predicted octanol–water partition coefficient (Wildman–Crippen LogP) is 2.39. The Morgan fingerprint density at radius 3 is 2.27 bits per heavy atom. The predicted molar refractivity (Wildman–Crippen MR) is 138 cm³/mol. The van der Waals surface area contributed by atoms with E-state index in [4.69, 9.17) is 0 Å². The van der Waals surface area contributed by atoms with Gasteiger partial charge in [-0.2, -0.15) is 0 Å². The van der Waals surface area contributed by atoms with E-state index in [2.05, 4.69) is 16.9 Å². The quantitative estimate of drug-likeness (QED) is 0.356. The minimum Gasteiger partial charge on any atom is -0.465 e. The number of hydrogen-bond acceptors (Lipinski definition) is 5. The molecule has 1 aliphatic heterocycles. The maximum Gasteiger partial charge on any atom is 0.408 e. The second-order valence-corrected chi connectivity index (χ2v) is 8.76. The van der Waals surface area contributed by atoms with Crippen molar-refractivity contribution in [2.24, 2.45) is 0 Å². The number of unbranched alkanes of at least 4 members (excludes halogenated alkanes) is 1. The minimum absolute atomic E-state index is 0.0836. The summed E-state index contributed by atoms with van der Waals surface area (Å²) in [5, 5.41) is 12.7. The Balaban J connectivity index is 1.67. The molecule has 37 heavy (non-hydrogen) atoms. The number of piperazine rings is 1. The van der Waals surface area contributed by atoms with Crippen LogP contribution in [0.1, 0.15) is 35.2 Å². The molecular formula is C27H33N5O5. The molecule has 3 rings (SSSR count). The summed E-state index contributed by atoms with van der Waals surface area (Å²) in [7, 11) is 0. The van der Waals surface area contributed by atoms with E-state index in [1.165, 1.54) is 11.0 Å². The first kappa shape index (κ1) is 27.4. The summed E-state index contributed by atoms with van der Waals surface area (Å²) in [5.41, 5.74) is 1.32. The number of carbonyl (C=O) groups is 4. The summed E-state index contributed by atoms with van der Waals surface area (Å²) in [5.74, 6) is -0.670. The van der Waals surface area contributed by atoms with Crippen LogP contribution in [-0.2, 0) is 16.1 Å². The number of aromatic nitrogens is 1. The summed E-state index contributed by atoms with van der Waals surface area (Å²) in [6.45, 7) is 5.27. The minimum atomic E-state index is -1.17. The topological polar surface area (TPSA) is 123 Å². The molecule has 0 radical (unpaired) electrons. The highest BCUT2D eigenvalue weighted by Gasteiger charge is 2.34. The number of amides is 4. The smallest absolute Gasteiger partial charge is 0.408 e. The Morgan fingerprint density at radius 1 is 1.00 bits per heavy atom. The van der Waals surface area contributed by atoms with Crippen LogP contribution in [0.2, 0.25) is 0 Å². The molecule has 1 atom stereocenters. The number of hydrogen-bond donors (Lipinski definition) is 2. The third-order valence-corrected chi connectivity index (χ3v) is 6.30. The number of pyridine rings is 1. The van der Waals surface area contributed by atoms with Gasteiger partial charge in [0.15, 0.2) is 0 Å². The van der Waals surface area contributed by atoms with Crippen molar-refractivity contribution in [2.75, 3.05) is 32.7 Å². The number of nitrogens with zero attached hydrogens (tertiary/aromatic N) is 4. The van der Waals surface area contributed by atoms with Gasteiger partial charge in [0.05, 0.1) is 0 Å². The molecule has 0 spiro atoms. The standard InChI is InChI=1S/C27H33N5O5/c1-2-24(33)29-13-7-6-10-23(32(27(36)37)20-21-8-4-3-5-9-21)26(35)31-18-16-30(17-19-31)25(34)22-11-14-28-15-12-22/h2-5,8-9,11-12,14-15,23H,1,6-7,10,13,16-20H2,(H,29,33)(H,36,37). The normalized spacial score (nSPS) is 13.9. The van der Waals surface area contributed by atoms with Crippen LogP contribution in [0.4, 0.5) is 4.79 Å². The average molecular weight is 508 g/mol. The van der Waals surface area contributed by atoms with Crippen LogP contribution in [0.25, 0.3) is 0 Å². The second kappa shape index (κ2) is 13.8. The van der Waals surface area contributed by atoms with Crippen molar-refractivity contribution < 1.29 is 24.3 Å². The highest BCUT2D eigenvalue weighted by atomic mass is 16.4. The van der Waals surface area contributed by atoms with Gasteiger partial charge in [-0.1, -0.05) is 36.9 Å². The van der Waals surface area contributed by atoms with Crippen molar-refractivity contribution in [3.8, 4) is 0 Å². The number of rotatable bonds is 11. The van der Waals surface area contributed by atoms with Gasteiger partial charge < -0.3 is 20.2 Å². The maximum absolute atomic E-state index is 13.6. The van der Waals surface area contributed by atoms with Gasteiger partial charge in [0.1, 0.15) is 6.04 Å². The van der Waals surface area contributed by atoms with E-state index in [-0.39, 0.29) is 24.3 Å². The van der Waals surface area contributed by atoms with Gasteiger partial charge in [0.25, 0.3) is 5.91 Å². The molecule has 1 aromatic heterocycles. The number of nitrogens with one attached hydrogen (secondary N) is 1. The fraction of sp³-hybridized carbons (Fsp3) is 0.370. The Morgan fingerprint density at radius 2 is 1.65 bits per heavy atom. The molecule has 0 saturated carbocycles. The van der Waals surface area contributed by atoms with Gasteiger partial charge in [0.2, 0.25) is 11.8 Å².